The number of hydrogen-bond donors (Lipinski definition) is 1. The predicted molar refractivity (Wildman–Crippen MR) is 75.2 cm³/mol. The van der Waals surface area contributed by atoms with Crippen molar-refractivity contribution in [2.24, 2.45) is 0 Å². The maximum atomic E-state index is 10.9. The Balaban J connectivity index is 1.81. The lowest BCUT2D eigenvalue weighted by molar-refractivity contribution is 0.0697. The van der Waals surface area contributed by atoms with E-state index in [-0.39, 0.29) is 0 Å². The number of hydrogen-bond acceptors (Lipinski definition) is 5. The van der Waals surface area contributed by atoms with Crippen molar-refractivity contribution in [1.82, 2.24) is 4.98 Å². The molecule has 1 saturated heterocycles. The third-order valence-corrected chi connectivity index (χ3v) is 5.09. The van der Waals surface area contributed by atoms with Crippen LogP contribution in [0.15, 0.2) is 16.8 Å². The van der Waals surface area contributed by atoms with Gasteiger partial charge in [-0.25, -0.2) is 9.78 Å². The Morgan fingerprint density at radius 3 is 3.00 bits per heavy atom. The van der Waals surface area contributed by atoms with E-state index in [1.54, 1.807) is 22.8 Å². The van der Waals surface area contributed by atoms with E-state index < -0.39 is 5.97 Å². The molecule has 1 unspecified atom stereocenters. The normalized spacial score (nSPS) is 19.5. The minimum atomic E-state index is -0.890. The van der Waals surface area contributed by atoms with E-state index in [4.69, 9.17) is 9.84 Å². The number of carboxylic acids is 1. The van der Waals surface area contributed by atoms with Crippen LogP contribution in [0.1, 0.15) is 34.1 Å². The molecule has 0 aliphatic carbocycles. The summed E-state index contributed by atoms with van der Waals surface area (Å²) in [6.45, 7) is 1.60. The fourth-order valence-corrected chi connectivity index (χ4v) is 3.97. The molecule has 1 atom stereocenters. The highest BCUT2D eigenvalue weighted by Gasteiger charge is 2.20. The van der Waals surface area contributed by atoms with Crippen LogP contribution in [0.4, 0.5) is 0 Å². The molecule has 0 saturated carbocycles. The number of carboxylic acid groups (broad SMARTS) is 1. The molecule has 1 aliphatic heterocycles. The molecule has 6 heteroatoms. The molecule has 3 heterocycles. The Hall–Kier alpha value is -1.24. The van der Waals surface area contributed by atoms with Crippen LogP contribution in [0.2, 0.25) is 0 Å². The number of ether oxygens (including phenoxy) is 1. The highest BCUT2D eigenvalue weighted by molar-refractivity contribution is 7.14. The summed E-state index contributed by atoms with van der Waals surface area (Å²) < 4.78 is 5.48. The second-order valence-electron chi connectivity index (χ2n) is 4.49. The quantitative estimate of drug-likeness (QED) is 0.942. The van der Waals surface area contributed by atoms with E-state index in [9.17, 15) is 4.79 Å². The smallest absolute Gasteiger partial charge is 0.336 e. The van der Waals surface area contributed by atoms with Crippen LogP contribution >= 0.6 is 22.7 Å². The van der Waals surface area contributed by atoms with Crippen LogP contribution in [-0.4, -0.2) is 29.3 Å². The minimum absolute atomic E-state index is 0.329. The third kappa shape index (κ3) is 2.70. The molecule has 0 spiro atoms. The molecule has 2 aromatic rings. The number of rotatable bonds is 3. The molecular formula is C13H13NO3S2. The molecule has 4 nitrogen and oxygen atoms in total. The van der Waals surface area contributed by atoms with Gasteiger partial charge in [-0.1, -0.05) is 0 Å². The second kappa shape index (κ2) is 5.40. The Morgan fingerprint density at radius 1 is 1.42 bits per heavy atom. The number of aromatic nitrogens is 1. The van der Waals surface area contributed by atoms with Crippen molar-refractivity contribution in [3.8, 4) is 10.6 Å². The van der Waals surface area contributed by atoms with Gasteiger partial charge < -0.3 is 9.84 Å². The highest BCUT2D eigenvalue weighted by Crippen LogP contribution is 2.33. The van der Waals surface area contributed by atoms with E-state index >= 15 is 0 Å². The van der Waals surface area contributed by atoms with Crippen molar-refractivity contribution in [3.05, 3.63) is 27.4 Å². The van der Waals surface area contributed by atoms with Crippen molar-refractivity contribution in [3.63, 3.8) is 0 Å². The molecule has 100 valence electrons. The first kappa shape index (κ1) is 12.8. The van der Waals surface area contributed by atoms with Gasteiger partial charge in [-0.3, -0.25) is 0 Å². The molecule has 3 rings (SSSR count). The Labute approximate surface area is 118 Å². The van der Waals surface area contributed by atoms with Gasteiger partial charge in [0.2, 0.25) is 0 Å². The van der Waals surface area contributed by atoms with Crippen molar-refractivity contribution >= 4 is 28.6 Å². The maximum Gasteiger partial charge on any atom is 0.336 e. The molecule has 0 amide bonds. The highest BCUT2D eigenvalue weighted by atomic mass is 32.1. The topological polar surface area (TPSA) is 59.4 Å². The second-order valence-corrected chi connectivity index (χ2v) is 6.29. The summed E-state index contributed by atoms with van der Waals surface area (Å²) in [6, 6.07) is 1.68. The lowest BCUT2D eigenvalue weighted by Crippen LogP contribution is -2.15. The summed E-state index contributed by atoms with van der Waals surface area (Å²) in [6.07, 6.45) is 2.21. The van der Waals surface area contributed by atoms with E-state index in [1.165, 1.54) is 11.3 Å². The third-order valence-electron chi connectivity index (χ3n) is 3.13. The average Bonchev–Trinajstić information content (AvgIpc) is 3.09. The van der Waals surface area contributed by atoms with Crippen LogP contribution in [0, 0.1) is 0 Å². The summed E-state index contributed by atoms with van der Waals surface area (Å²) in [5.41, 5.74) is 1.21. The van der Waals surface area contributed by atoms with E-state index in [0.717, 1.165) is 41.6 Å². The molecule has 1 N–H and O–H groups in total. The van der Waals surface area contributed by atoms with Gasteiger partial charge in [0.05, 0.1) is 27.7 Å². The summed E-state index contributed by atoms with van der Waals surface area (Å²) in [5.74, 6) is -0.495. The molecule has 19 heavy (non-hydrogen) atoms. The molecule has 2 aromatic heterocycles. The molecule has 0 bridgehead atoms. The van der Waals surface area contributed by atoms with Gasteiger partial charge in [0.1, 0.15) is 0 Å². The van der Waals surface area contributed by atoms with E-state index in [0.29, 0.717) is 11.5 Å². The van der Waals surface area contributed by atoms with Crippen molar-refractivity contribution in [2.75, 3.05) is 13.2 Å². The van der Waals surface area contributed by atoms with Crippen LogP contribution in [0.5, 0.6) is 0 Å². The van der Waals surface area contributed by atoms with Gasteiger partial charge in [-0.05, 0) is 18.9 Å². The number of thiazole rings is 1. The summed E-state index contributed by atoms with van der Waals surface area (Å²) in [4.78, 5) is 16.4. The summed E-state index contributed by atoms with van der Waals surface area (Å²) >= 11 is 3.06. The van der Waals surface area contributed by atoms with Crippen molar-refractivity contribution in [2.45, 2.75) is 18.8 Å². The van der Waals surface area contributed by atoms with Gasteiger partial charge in [-0.2, -0.15) is 0 Å². The van der Waals surface area contributed by atoms with Crippen molar-refractivity contribution in [1.29, 1.82) is 0 Å². The van der Waals surface area contributed by atoms with E-state index in [2.05, 4.69) is 4.98 Å². The number of nitrogens with zero attached hydrogens (tertiary/aromatic N) is 1. The zero-order chi connectivity index (χ0) is 13.2. The van der Waals surface area contributed by atoms with Gasteiger partial charge in [0, 0.05) is 23.3 Å². The standard InChI is InChI=1S/C13H13NO3S2/c15-13(16)9-4-11(18-6-9)10-7-19-12(14-10)8-2-1-3-17-5-8/h4,6-8H,1-3,5H2,(H,15,16). The SMILES string of the molecule is O=C(O)c1csc(-c2csc(C3CCCOC3)n2)c1. The fraction of sp³-hybridized carbons (Fsp3) is 0.385. The Morgan fingerprint density at radius 2 is 2.32 bits per heavy atom. The van der Waals surface area contributed by atoms with Gasteiger partial charge in [-0.15, -0.1) is 22.7 Å². The number of carbonyl (C=O) groups is 1. The van der Waals surface area contributed by atoms with Crippen LogP contribution in [0.3, 0.4) is 0 Å². The number of aromatic carboxylic acids is 1. The van der Waals surface area contributed by atoms with E-state index in [1.807, 2.05) is 5.38 Å². The Bertz CT molecular complexity index is 584. The maximum absolute atomic E-state index is 10.9. The summed E-state index contributed by atoms with van der Waals surface area (Å²) in [7, 11) is 0. The first-order valence-corrected chi connectivity index (χ1v) is 7.85. The lowest BCUT2D eigenvalue weighted by atomic mass is 10.0. The van der Waals surface area contributed by atoms with Gasteiger partial charge >= 0.3 is 5.97 Å². The molecule has 0 radical (unpaired) electrons. The molecule has 0 aromatic carbocycles. The predicted octanol–water partition coefficient (Wildman–Crippen LogP) is 3.46. The molecule has 1 aliphatic rings. The monoisotopic (exact) mass is 295 g/mol. The van der Waals surface area contributed by atoms with Crippen LogP contribution < -0.4 is 0 Å². The Kier molecular flexibility index (Phi) is 3.63. The average molecular weight is 295 g/mol. The molecular weight excluding hydrogens is 282 g/mol. The first-order chi connectivity index (χ1) is 9.24. The zero-order valence-electron chi connectivity index (χ0n) is 10.2. The minimum Gasteiger partial charge on any atom is -0.478 e. The fourth-order valence-electron chi connectivity index (χ4n) is 2.11. The number of thiophene rings is 1. The molecule has 1 fully saturated rings. The van der Waals surface area contributed by atoms with Crippen LogP contribution in [0.25, 0.3) is 10.6 Å². The van der Waals surface area contributed by atoms with Crippen LogP contribution in [-0.2, 0) is 4.74 Å². The lowest BCUT2D eigenvalue weighted by Gasteiger charge is -2.19. The first-order valence-electron chi connectivity index (χ1n) is 6.09. The summed E-state index contributed by atoms with van der Waals surface area (Å²) in [5, 5.41) is 13.7. The zero-order valence-corrected chi connectivity index (χ0v) is 11.8. The van der Waals surface area contributed by atoms with Gasteiger partial charge in [0.15, 0.2) is 0 Å². The van der Waals surface area contributed by atoms with Crippen molar-refractivity contribution < 1.29 is 14.6 Å². The van der Waals surface area contributed by atoms with Gasteiger partial charge in [0.25, 0.3) is 0 Å². The largest absolute Gasteiger partial charge is 0.478 e.